The number of Topliss-reactive ketones (excluding diaryl/α,β-unsaturated/α-hetero) is 1. The van der Waals surface area contributed by atoms with Crippen LogP contribution in [0.4, 0.5) is 4.79 Å². The molecule has 2 amide bonds. The van der Waals surface area contributed by atoms with Crippen LogP contribution in [0.5, 0.6) is 11.5 Å². The Balaban J connectivity index is 1.34. The summed E-state index contributed by atoms with van der Waals surface area (Å²) in [7, 11) is 0. The van der Waals surface area contributed by atoms with Crippen molar-refractivity contribution in [2.75, 3.05) is 112 Å². The number of unbranched alkanes of at least 4 members (excludes halogenated alkanes) is 1. The molecule has 0 saturated heterocycles. The van der Waals surface area contributed by atoms with Crippen molar-refractivity contribution < 1.29 is 71.5 Å². The SMILES string of the molecule is CCCOCCCSCCNC(=O)C(CCCCNC(=O)OC(C)(C)C)CC(=O)c1cc(OCC(CSCCOC(=O)Cc2ccccc2)SCCOC(=O)Cc2ccccc2)cc(OCC(CSCCOC(=O)Cc2ccccc2)SCCOC(=O)Cc2ccccc2)c1. The molecule has 0 aliphatic rings. The largest absolute Gasteiger partial charge is 0.492 e. The summed E-state index contributed by atoms with van der Waals surface area (Å²) >= 11 is 8.07. The first-order valence-corrected chi connectivity index (χ1v) is 38.2. The molecular formula is C73H96N2O15S5. The number of ketones is 1. The minimum atomic E-state index is -0.695. The lowest BCUT2D eigenvalue weighted by molar-refractivity contribution is -0.143. The molecule has 22 heteroatoms. The Hall–Kier alpha value is -6.30. The molecule has 518 valence electrons. The number of rotatable bonds is 50. The van der Waals surface area contributed by atoms with Gasteiger partial charge in [-0.3, -0.25) is 28.8 Å². The normalized spacial score (nSPS) is 12.1. The van der Waals surface area contributed by atoms with Gasteiger partial charge in [0.2, 0.25) is 5.91 Å². The molecule has 5 rings (SSSR count). The molecule has 0 aliphatic heterocycles. The van der Waals surface area contributed by atoms with Crippen molar-refractivity contribution in [2.24, 2.45) is 5.92 Å². The maximum absolute atomic E-state index is 14.8. The second kappa shape index (κ2) is 48.4. The van der Waals surface area contributed by atoms with Gasteiger partial charge < -0.3 is 48.5 Å². The number of alkyl carbamates (subject to hydrolysis) is 1. The van der Waals surface area contributed by atoms with E-state index in [1.165, 1.54) is 0 Å². The summed E-state index contributed by atoms with van der Waals surface area (Å²) in [6, 6.07) is 42.8. The number of carbonyl (C=O) groups excluding carboxylic acids is 7. The number of ether oxygens (including phenoxy) is 8. The molecule has 0 heterocycles. The third-order valence-corrected chi connectivity index (χ3v) is 19.8. The second-order valence-corrected chi connectivity index (χ2v) is 29.4. The summed E-state index contributed by atoms with van der Waals surface area (Å²) < 4.78 is 46.8. The van der Waals surface area contributed by atoms with Gasteiger partial charge >= 0.3 is 30.0 Å². The van der Waals surface area contributed by atoms with Crippen LogP contribution in [0.15, 0.2) is 140 Å². The van der Waals surface area contributed by atoms with Gasteiger partial charge in [-0.05, 0) is 86.6 Å². The Labute approximate surface area is 583 Å². The lowest BCUT2D eigenvalue weighted by atomic mass is 9.92. The fraction of sp³-hybridized carbons (Fsp3) is 0.493. The van der Waals surface area contributed by atoms with Gasteiger partial charge in [-0.1, -0.05) is 135 Å². The first-order valence-electron chi connectivity index (χ1n) is 32.6. The Morgan fingerprint density at radius 3 is 1.34 bits per heavy atom. The van der Waals surface area contributed by atoms with E-state index >= 15 is 0 Å². The number of carbonyl (C=O) groups is 7. The summed E-state index contributed by atoms with van der Waals surface area (Å²) in [6.45, 7) is 10.8. The number of esters is 4. The first kappa shape index (κ1) is 79.4. The molecule has 3 unspecified atom stereocenters. The van der Waals surface area contributed by atoms with Crippen LogP contribution < -0.4 is 20.1 Å². The highest BCUT2D eigenvalue weighted by Gasteiger charge is 2.25. The van der Waals surface area contributed by atoms with Gasteiger partial charge in [0.25, 0.3) is 0 Å². The molecule has 3 atom stereocenters. The number of hydrogen-bond acceptors (Lipinski definition) is 20. The van der Waals surface area contributed by atoms with Crippen molar-refractivity contribution in [3.8, 4) is 11.5 Å². The third kappa shape index (κ3) is 38.3. The highest BCUT2D eigenvalue weighted by atomic mass is 32.2. The molecule has 0 aliphatic carbocycles. The van der Waals surface area contributed by atoms with E-state index in [4.69, 9.17) is 37.9 Å². The molecule has 0 radical (unpaired) electrons. The minimum absolute atomic E-state index is 0.113. The van der Waals surface area contributed by atoms with E-state index in [2.05, 4.69) is 17.6 Å². The fourth-order valence-corrected chi connectivity index (χ4v) is 14.0. The maximum Gasteiger partial charge on any atom is 0.407 e. The van der Waals surface area contributed by atoms with Gasteiger partial charge in [0.1, 0.15) is 56.7 Å². The first-order chi connectivity index (χ1) is 46.1. The fourth-order valence-electron chi connectivity index (χ4n) is 9.11. The van der Waals surface area contributed by atoms with E-state index in [9.17, 15) is 33.6 Å². The molecule has 17 nitrogen and oxygen atoms in total. The van der Waals surface area contributed by atoms with Crippen LogP contribution in [0.25, 0.3) is 0 Å². The number of nitrogens with one attached hydrogen (secondary N) is 2. The van der Waals surface area contributed by atoms with Crippen molar-refractivity contribution in [3.05, 3.63) is 167 Å². The van der Waals surface area contributed by atoms with Crippen LogP contribution in [-0.2, 0) is 78.1 Å². The van der Waals surface area contributed by atoms with Crippen LogP contribution in [-0.4, -0.2) is 170 Å². The van der Waals surface area contributed by atoms with Crippen molar-refractivity contribution in [1.82, 2.24) is 10.6 Å². The van der Waals surface area contributed by atoms with Gasteiger partial charge in [-0.2, -0.15) is 58.8 Å². The van der Waals surface area contributed by atoms with Crippen LogP contribution in [0.3, 0.4) is 0 Å². The van der Waals surface area contributed by atoms with Gasteiger partial charge in [0.05, 0.1) is 25.7 Å². The van der Waals surface area contributed by atoms with E-state index in [0.29, 0.717) is 90.7 Å². The van der Waals surface area contributed by atoms with E-state index in [1.54, 1.807) is 97.8 Å². The molecule has 0 fully saturated rings. The molecule has 0 spiro atoms. The molecule has 0 aromatic heterocycles. The number of thioether (sulfide) groups is 5. The minimum Gasteiger partial charge on any atom is -0.492 e. The third-order valence-electron chi connectivity index (χ3n) is 13.7. The lowest BCUT2D eigenvalue weighted by Crippen LogP contribution is -2.34. The van der Waals surface area contributed by atoms with E-state index < -0.39 is 17.6 Å². The number of hydrogen-bond donors (Lipinski definition) is 2. The topological polar surface area (TPSA) is 217 Å². The molecule has 0 saturated carbocycles. The molecule has 5 aromatic rings. The van der Waals surface area contributed by atoms with Gasteiger partial charge in [0.15, 0.2) is 5.78 Å². The summed E-state index contributed by atoms with van der Waals surface area (Å²) in [5.74, 6) is 2.95. The highest BCUT2D eigenvalue weighted by molar-refractivity contribution is 8.03. The summed E-state index contributed by atoms with van der Waals surface area (Å²) in [5, 5.41) is 5.57. The Kier molecular flexibility index (Phi) is 40.5. The monoisotopic (exact) mass is 1400 g/mol. The average molecular weight is 1400 g/mol. The van der Waals surface area contributed by atoms with Crippen molar-refractivity contribution in [2.45, 2.75) is 108 Å². The van der Waals surface area contributed by atoms with Crippen molar-refractivity contribution in [3.63, 3.8) is 0 Å². The van der Waals surface area contributed by atoms with Gasteiger partial charge in [-0.25, -0.2) is 4.79 Å². The number of benzene rings is 5. The standard InChI is InChI=1S/C73H96N2O15S5/c1-5-32-83-33-20-38-91-39-31-74-71(81)60(29-18-19-30-75-72(82)90-73(2,3)4)50-66(76)61-48-62(88-52-64(94-42-36-86-69(79)46-58-25-14-8-15-26-58)54-92-40-34-84-67(77)44-56-21-10-6-11-22-56)51-63(49-61)89-53-65(95-43-37-87-70(80)47-59-27-16-9-17-28-59)55-93-41-35-85-68(78)45-57-23-12-7-13-24-57/h6-17,21-28,48-49,51,60,64-65H,5,18-20,29-47,50,52-55H2,1-4H3,(H,74,81)(H,75,82). The summed E-state index contributed by atoms with van der Waals surface area (Å²) in [5.41, 5.74) is 3.07. The number of amides is 2. The van der Waals surface area contributed by atoms with Crippen LogP contribution in [0.2, 0.25) is 0 Å². The summed E-state index contributed by atoms with van der Waals surface area (Å²) in [4.78, 5) is 92.4. The Bertz CT molecular complexity index is 2830. The average Bonchev–Trinajstić information content (AvgIpc) is 1.04. The zero-order valence-electron chi connectivity index (χ0n) is 55.5. The molecule has 5 aromatic carbocycles. The zero-order valence-corrected chi connectivity index (χ0v) is 59.6. The van der Waals surface area contributed by atoms with Crippen LogP contribution in [0, 0.1) is 5.92 Å². The predicted octanol–water partition coefficient (Wildman–Crippen LogP) is 12.8. The van der Waals surface area contributed by atoms with E-state index in [0.717, 1.165) is 47.5 Å². The Morgan fingerprint density at radius 2 is 0.905 bits per heavy atom. The molecule has 2 N–H and O–H groups in total. The summed E-state index contributed by atoms with van der Waals surface area (Å²) in [6.07, 6.45) is 3.35. The predicted molar refractivity (Wildman–Crippen MR) is 386 cm³/mol. The maximum atomic E-state index is 14.8. The van der Waals surface area contributed by atoms with Crippen molar-refractivity contribution in [1.29, 1.82) is 0 Å². The molecular weight excluding hydrogens is 1310 g/mol. The lowest BCUT2D eigenvalue weighted by Gasteiger charge is -2.21. The smallest absolute Gasteiger partial charge is 0.407 e. The Morgan fingerprint density at radius 1 is 0.463 bits per heavy atom. The van der Waals surface area contributed by atoms with Crippen LogP contribution in [0.1, 0.15) is 98.8 Å². The quantitative estimate of drug-likeness (QED) is 0.0160. The van der Waals surface area contributed by atoms with Crippen molar-refractivity contribution >= 4 is 100 Å². The van der Waals surface area contributed by atoms with E-state index in [1.807, 2.05) is 121 Å². The van der Waals surface area contributed by atoms with Gasteiger partial charge in [0, 0.05) is 101 Å². The van der Waals surface area contributed by atoms with E-state index in [-0.39, 0.29) is 123 Å². The van der Waals surface area contributed by atoms with Crippen LogP contribution >= 0.6 is 58.8 Å². The molecule has 0 bridgehead atoms. The molecule has 95 heavy (non-hydrogen) atoms. The second-order valence-electron chi connectivity index (χ2n) is 23.1. The highest BCUT2D eigenvalue weighted by Crippen LogP contribution is 2.29. The zero-order chi connectivity index (χ0) is 68.0. The van der Waals surface area contributed by atoms with Gasteiger partial charge in [-0.15, -0.1) is 0 Å².